The quantitative estimate of drug-likeness (QED) is 0.562. The second-order valence-electron chi connectivity index (χ2n) is 6.61. The van der Waals surface area contributed by atoms with Gasteiger partial charge < -0.3 is 9.64 Å². The number of carbonyl (C=O) groups excluding carboxylic acids is 1. The fourth-order valence-corrected chi connectivity index (χ4v) is 3.05. The van der Waals surface area contributed by atoms with Gasteiger partial charge in [0.1, 0.15) is 5.75 Å². The molecule has 3 rings (SSSR count). The van der Waals surface area contributed by atoms with Gasteiger partial charge >= 0.3 is 0 Å². The topological polar surface area (TPSA) is 60.2 Å². The van der Waals surface area contributed by atoms with Crippen LogP contribution in [0.1, 0.15) is 28.2 Å². The maximum absolute atomic E-state index is 12.7. The van der Waals surface area contributed by atoms with Gasteiger partial charge in [0.05, 0.1) is 18.0 Å². The molecule has 2 aromatic carbocycles. The lowest BCUT2D eigenvalue weighted by atomic mass is 10.2. The average Bonchev–Trinajstić information content (AvgIpc) is 3.07. The van der Waals surface area contributed by atoms with Gasteiger partial charge in [0.2, 0.25) is 0 Å². The molecular formula is C21H23ClN4O2. The molecule has 0 aliphatic rings. The van der Waals surface area contributed by atoms with Crippen LogP contribution >= 0.6 is 11.6 Å². The third-order valence-corrected chi connectivity index (χ3v) is 4.72. The van der Waals surface area contributed by atoms with Crippen LogP contribution < -0.4 is 4.74 Å². The zero-order chi connectivity index (χ0) is 20.1. The van der Waals surface area contributed by atoms with Gasteiger partial charge in [-0.25, -0.2) is 4.68 Å². The number of para-hydroxylation sites is 1. The molecule has 1 aromatic heterocycles. The zero-order valence-electron chi connectivity index (χ0n) is 16.2. The van der Waals surface area contributed by atoms with Crippen molar-refractivity contribution in [3.8, 4) is 11.4 Å². The van der Waals surface area contributed by atoms with E-state index in [1.807, 2.05) is 50.2 Å². The first-order valence-electron chi connectivity index (χ1n) is 9.09. The van der Waals surface area contributed by atoms with Gasteiger partial charge in [-0.1, -0.05) is 41.1 Å². The Morgan fingerprint density at radius 3 is 2.71 bits per heavy atom. The van der Waals surface area contributed by atoms with Crippen molar-refractivity contribution < 1.29 is 9.53 Å². The normalized spacial score (nSPS) is 10.7. The second kappa shape index (κ2) is 8.89. The summed E-state index contributed by atoms with van der Waals surface area (Å²) in [6.07, 6.45) is 0.720. The number of hydrogen-bond donors (Lipinski definition) is 0. The number of halogens is 1. The van der Waals surface area contributed by atoms with Crippen molar-refractivity contribution in [2.75, 3.05) is 20.2 Å². The number of amides is 1. The van der Waals surface area contributed by atoms with Gasteiger partial charge in [0, 0.05) is 18.6 Å². The highest BCUT2D eigenvalue weighted by Gasteiger charge is 2.20. The number of carbonyl (C=O) groups is 1. The van der Waals surface area contributed by atoms with Crippen LogP contribution in [0, 0.1) is 13.8 Å². The molecule has 28 heavy (non-hydrogen) atoms. The van der Waals surface area contributed by atoms with Gasteiger partial charge in [0.25, 0.3) is 5.91 Å². The zero-order valence-corrected chi connectivity index (χ0v) is 17.0. The molecule has 0 N–H and O–H groups in total. The molecule has 3 aromatic rings. The summed E-state index contributed by atoms with van der Waals surface area (Å²) in [6, 6.07) is 15.2. The Morgan fingerprint density at radius 1 is 1.18 bits per heavy atom. The predicted octanol–water partition coefficient (Wildman–Crippen LogP) is 4.08. The maximum Gasteiger partial charge on any atom is 0.276 e. The summed E-state index contributed by atoms with van der Waals surface area (Å²) in [7, 11) is 1.76. The van der Waals surface area contributed by atoms with Crippen LogP contribution in [0.4, 0.5) is 0 Å². The van der Waals surface area contributed by atoms with Crippen LogP contribution in [-0.4, -0.2) is 46.0 Å². The summed E-state index contributed by atoms with van der Waals surface area (Å²) in [5.41, 5.74) is 2.88. The van der Waals surface area contributed by atoms with Crippen molar-refractivity contribution in [1.82, 2.24) is 19.9 Å². The molecule has 0 saturated carbocycles. The Hall–Kier alpha value is -2.86. The molecule has 1 amide bonds. The molecule has 0 unspecified atom stereocenters. The van der Waals surface area contributed by atoms with Crippen molar-refractivity contribution in [3.63, 3.8) is 0 Å². The van der Waals surface area contributed by atoms with E-state index in [1.54, 1.807) is 28.8 Å². The highest BCUT2D eigenvalue weighted by Crippen LogP contribution is 2.18. The minimum absolute atomic E-state index is 0.165. The summed E-state index contributed by atoms with van der Waals surface area (Å²) in [4.78, 5) is 14.4. The number of aryl methyl sites for hydroxylation is 1. The van der Waals surface area contributed by atoms with E-state index in [9.17, 15) is 4.79 Å². The molecule has 0 fully saturated rings. The van der Waals surface area contributed by atoms with Gasteiger partial charge in [-0.05, 0) is 50.1 Å². The fraction of sp³-hybridized carbons (Fsp3) is 0.286. The molecule has 1 heterocycles. The first-order chi connectivity index (χ1) is 13.5. The molecule has 0 aliphatic carbocycles. The number of aromatic nitrogens is 3. The molecule has 0 bridgehead atoms. The van der Waals surface area contributed by atoms with Crippen molar-refractivity contribution >= 4 is 17.5 Å². The highest BCUT2D eigenvalue weighted by molar-refractivity contribution is 6.30. The van der Waals surface area contributed by atoms with Crippen LogP contribution in [-0.2, 0) is 0 Å². The minimum Gasteiger partial charge on any atom is -0.493 e. The monoisotopic (exact) mass is 398 g/mol. The Balaban J connectivity index is 1.58. The summed E-state index contributed by atoms with van der Waals surface area (Å²) in [5.74, 6) is 0.707. The summed E-state index contributed by atoms with van der Waals surface area (Å²) in [6.45, 7) is 4.94. The molecule has 146 valence electrons. The van der Waals surface area contributed by atoms with E-state index >= 15 is 0 Å². The summed E-state index contributed by atoms with van der Waals surface area (Å²) >= 11 is 6.04. The molecular weight excluding hydrogens is 376 g/mol. The fourth-order valence-electron chi connectivity index (χ4n) is 2.86. The second-order valence-corrected chi connectivity index (χ2v) is 7.05. The predicted molar refractivity (Wildman–Crippen MR) is 109 cm³/mol. The number of benzene rings is 2. The van der Waals surface area contributed by atoms with E-state index in [2.05, 4.69) is 10.3 Å². The van der Waals surface area contributed by atoms with E-state index in [-0.39, 0.29) is 5.91 Å². The largest absolute Gasteiger partial charge is 0.493 e. The Morgan fingerprint density at radius 2 is 1.96 bits per heavy atom. The van der Waals surface area contributed by atoms with Crippen molar-refractivity contribution in [1.29, 1.82) is 0 Å². The van der Waals surface area contributed by atoms with Gasteiger partial charge in [-0.3, -0.25) is 4.79 Å². The lowest BCUT2D eigenvalue weighted by Gasteiger charge is -2.16. The van der Waals surface area contributed by atoms with E-state index < -0.39 is 0 Å². The van der Waals surface area contributed by atoms with Crippen LogP contribution in [0.15, 0.2) is 48.5 Å². The smallest absolute Gasteiger partial charge is 0.276 e. The van der Waals surface area contributed by atoms with Crippen molar-refractivity contribution in [2.24, 2.45) is 0 Å². The van der Waals surface area contributed by atoms with Crippen LogP contribution in [0.25, 0.3) is 5.69 Å². The van der Waals surface area contributed by atoms with Gasteiger partial charge in [0.15, 0.2) is 5.69 Å². The Bertz CT molecular complexity index is 971. The number of nitrogens with zero attached hydrogens (tertiary/aromatic N) is 4. The molecule has 0 spiro atoms. The molecule has 7 heteroatoms. The van der Waals surface area contributed by atoms with E-state index in [1.165, 1.54) is 0 Å². The minimum atomic E-state index is -0.165. The van der Waals surface area contributed by atoms with Crippen LogP contribution in [0.3, 0.4) is 0 Å². The molecule has 0 saturated heterocycles. The number of hydrogen-bond acceptors (Lipinski definition) is 4. The first kappa shape index (κ1) is 19.9. The van der Waals surface area contributed by atoms with Crippen molar-refractivity contribution in [3.05, 3.63) is 70.5 Å². The van der Waals surface area contributed by atoms with Crippen LogP contribution in [0.2, 0.25) is 5.02 Å². The van der Waals surface area contributed by atoms with Gasteiger partial charge in [-0.2, -0.15) is 0 Å². The third-order valence-electron chi connectivity index (χ3n) is 4.49. The summed E-state index contributed by atoms with van der Waals surface area (Å²) < 4.78 is 7.41. The number of ether oxygens (including phenoxy) is 1. The average molecular weight is 399 g/mol. The molecule has 6 nitrogen and oxygen atoms in total. The lowest BCUT2D eigenvalue weighted by Crippen LogP contribution is -2.29. The van der Waals surface area contributed by atoms with E-state index in [0.717, 1.165) is 23.4 Å². The standard InChI is InChI=1S/C21H23ClN4O2/c1-15-8-4-5-11-19(15)28-13-7-12-25(3)21(27)20-16(2)26(24-23-20)18-10-6-9-17(22)14-18/h4-6,8-11,14H,7,12-13H2,1-3H3. The van der Waals surface area contributed by atoms with Crippen LogP contribution in [0.5, 0.6) is 5.75 Å². The van der Waals surface area contributed by atoms with E-state index in [0.29, 0.717) is 29.6 Å². The van der Waals surface area contributed by atoms with Gasteiger partial charge in [-0.15, -0.1) is 5.10 Å². The Labute approximate surface area is 169 Å². The SMILES string of the molecule is Cc1ccccc1OCCCN(C)C(=O)c1nnn(-c2cccc(Cl)c2)c1C. The highest BCUT2D eigenvalue weighted by atomic mass is 35.5. The number of rotatable bonds is 7. The maximum atomic E-state index is 12.7. The molecule has 0 atom stereocenters. The van der Waals surface area contributed by atoms with Crippen molar-refractivity contribution in [2.45, 2.75) is 20.3 Å². The molecule has 0 radical (unpaired) electrons. The third kappa shape index (κ3) is 4.51. The summed E-state index contributed by atoms with van der Waals surface area (Å²) in [5, 5.41) is 8.79. The van der Waals surface area contributed by atoms with E-state index in [4.69, 9.17) is 16.3 Å². The Kier molecular flexibility index (Phi) is 6.31. The first-order valence-corrected chi connectivity index (χ1v) is 9.47. The lowest BCUT2D eigenvalue weighted by molar-refractivity contribution is 0.0781. The molecule has 0 aliphatic heterocycles.